The number of furan rings is 1. The monoisotopic (exact) mass is 235 g/mol. The number of aryl methyl sites for hydroxylation is 1. The lowest BCUT2D eigenvalue weighted by molar-refractivity contribution is 0.0722. The number of hydrogen-bond acceptors (Lipinski definition) is 2. The fourth-order valence-corrected chi connectivity index (χ4v) is 2.27. The van der Waals surface area contributed by atoms with E-state index in [9.17, 15) is 4.79 Å². The number of rotatable bonds is 2. The zero-order valence-corrected chi connectivity index (χ0v) is 11.0. The highest BCUT2D eigenvalue weighted by Crippen LogP contribution is 2.23. The lowest BCUT2D eigenvalue weighted by atomic mass is 10.1. The Morgan fingerprint density at radius 1 is 1.29 bits per heavy atom. The molecule has 1 fully saturated rings. The molecule has 1 aromatic heterocycles. The molecule has 3 nitrogen and oxygen atoms in total. The van der Waals surface area contributed by atoms with E-state index in [4.69, 9.17) is 4.42 Å². The minimum absolute atomic E-state index is 0.137. The number of carbonyl (C=O) groups excluding carboxylic acids is 1. The van der Waals surface area contributed by atoms with Gasteiger partial charge in [0.05, 0.1) is 5.56 Å². The molecule has 0 bridgehead atoms. The van der Waals surface area contributed by atoms with Gasteiger partial charge in [0.25, 0.3) is 5.91 Å². The first-order valence-corrected chi connectivity index (χ1v) is 6.49. The van der Waals surface area contributed by atoms with E-state index < -0.39 is 0 Å². The summed E-state index contributed by atoms with van der Waals surface area (Å²) in [7, 11) is 0. The number of piperidine rings is 1. The van der Waals surface area contributed by atoms with Gasteiger partial charge in [-0.05, 0) is 32.3 Å². The van der Waals surface area contributed by atoms with Crippen LogP contribution in [0.1, 0.15) is 60.9 Å². The van der Waals surface area contributed by atoms with Crippen LogP contribution in [0, 0.1) is 6.92 Å². The molecule has 0 saturated carbocycles. The first-order chi connectivity index (χ1) is 8.09. The van der Waals surface area contributed by atoms with Gasteiger partial charge in [-0.3, -0.25) is 4.79 Å². The summed E-state index contributed by atoms with van der Waals surface area (Å²) in [5.74, 6) is 2.13. The lowest BCUT2D eigenvalue weighted by Gasteiger charge is -2.26. The molecular weight excluding hydrogens is 214 g/mol. The van der Waals surface area contributed by atoms with Gasteiger partial charge in [-0.15, -0.1) is 0 Å². The fourth-order valence-electron chi connectivity index (χ4n) is 2.27. The molecule has 0 aromatic carbocycles. The normalized spacial score (nSPS) is 16.6. The van der Waals surface area contributed by atoms with E-state index in [2.05, 4.69) is 13.8 Å². The molecule has 0 atom stereocenters. The van der Waals surface area contributed by atoms with Gasteiger partial charge >= 0.3 is 0 Å². The second-order valence-corrected chi connectivity index (χ2v) is 5.13. The molecule has 1 amide bonds. The summed E-state index contributed by atoms with van der Waals surface area (Å²) < 4.78 is 5.64. The van der Waals surface area contributed by atoms with Crippen LogP contribution in [0.5, 0.6) is 0 Å². The zero-order valence-electron chi connectivity index (χ0n) is 11.0. The second kappa shape index (κ2) is 4.94. The Kier molecular flexibility index (Phi) is 3.55. The van der Waals surface area contributed by atoms with Crippen molar-refractivity contribution in [3.8, 4) is 0 Å². The van der Waals surface area contributed by atoms with Crippen LogP contribution < -0.4 is 0 Å². The molecular formula is C14H21NO2. The zero-order chi connectivity index (χ0) is 12.4. The van der Waals surface area contributed by atoms with Gasteiger partial charge in [-0.2, -0.15) is 0 Å². The number of likely N-dealkylation sites (tertiary alicyclic amines) is 1. The van der Waals surface area contributed by atoms with Crippen LogP contribution in [-0.4, -0.2) is 23.9 Å². The minimum atomic E-state index is 0.137. The van der Waals surface area contributed by atoms with Crippen molar-refractivity contribution < 1.29 is 9.21 Å². The lowest BCUT2D eigenvalue weighted by Crippen LogP contribution is -2.35. The summed E-state index contributed by atoms with van der Waals surface area (Å²) in [6.45, 7) is 7.81. The molecule has 2 rings (SSSR count). The molecule has 94 valence electrons. The van der Waals surface area contributed by atoms with Crippen LogP contribution in [0.4, 0.5) is 0 Å². The predicted molar refractivity (Wildman–Crippen MR) is 67.3 cm³/mol. The molecule has 1 saturated heterocycles. The van der Waals surface area contributed by atoms with Crippen molar-refractivity contribution in [3.05, 3.63) is 23.2 Å². The topological polar surface area (TPSA) is 33.5 Å². The highest BCUT2D eigenvalue weighted by molar-refractivity contribution is 5.95. The van der Waals surface area contributed by atoms with Gasteiger partial charge in [0.2, 0.25) is 0 Å². The van der Waals surface area contributed by atoms with Crippen molar-refractivity contribution in [3.63, 3.8) is 0 Å². The summed E-state index contributed by atoms with van der Waals surface area (Å²) in [5, 5.41) is 0. The third kappa shape index (κ3) is 2.54. The Labute approximate surface area is 103 Å². The van der Waals surface area contributed by atoms with Gasteiger partial charge in [0.1, 0.15) is 11.5 Å². The molecule has 0 spiro atoms. The maximum Gasteiger partial charge on any atom is 0.257 e. The van der Waals surface area contributed by atoms with E-state index in [1.165, 1.54) is 6.42 Å². The van der Waals surface area contributed by atoms with Gasteiger partial charge in [-0.1, -0.05) is 13.8 Å². The van der Waals surface area contributed by atoms with Gasteiger partial charge < -0.3 is 9.32 Å². The largest absolute Gasteiger partial charge is 0.465 e. The number of nitrogens with zero attached hydrogens (tertiary/aromatic N) is 1. The maximum absolute atomic E-state index is 12.3. The molecule has 0 unspecified atom stereocenters. The molecule has 1 aromatic rings. The average Bonchev–Trinajstić information content (AvgIpc) is 2.72. The summed E-state index contributed by atoms with van der Waals surface area (Å²) in [6, 6.07) is 1.91. The third-order valence-electron chi connectivity index (χ3n) is 3.38. The average molecular weight is 235 g/mol. The molecule has 3 heteroatoms. The molecule has 1 aliphatic heterocycles. The van der Waals surface area contributed by atoms with E-state index >= 15 is 0 Å². The van der Waals surface area contributed by atoms with Crippen LogP contribution >= 0.6 is 0 Å². The molecule has 2 heterocycles. The molecule has 0 aliphatic carbocycles. The van der Waals surface area contributed by atoms with E-state index in [-0.39, 0.29) is 5.91 Å². The first kappa shape index (κ1) is 12.2. The van der Waals surface area contributed by atoms with Gasteiger partial charge in [0, 0.05) is 19.0 Å². The van der Waals surface area contributed by atoms with Crippen molar-refractivity contribution in [1.29, 1.82) is 0 Å². The summed E-state index contributed by atoms with van der Waals surface area (Å²) in [4.78, 5) is 14.3. The van der Waals surface area contributed by atoms with Crippen LogP contribution in [0.2, 0.25) is 0 Å². The Hall–Kier alpha value is -1.25. The van der Waals surface area contributed by atoms with Crippen LogP contribution in [0.25, 0.3) is 0 Å². The molecule has 1 aliphatic rings. The highest BCUT2D eigenvalue weighted by atomic mass is 16.3. The van der Waals surface area contributed by atoms with Crippen molar-refractivity contribution in [1.82, 2.24) is 4.90 Å². The third-order valence-corrected chi connectivity index (χ3v) is 3.38. The van der Waals surface area contributed by atoms with Gasteiger partial charge in [0.15, 0.2) is 0 Å². The second-order valence-electron chi connectivity index (χ2n) is 5.13. The van der Waals surface area contributed by atoms with Crippen molar-refractivity contribution in [2.75, 3.05) is 13.1 Å². The van der Waals surface area contributed by atoms with Crippen LogP contribution in [-0.2, 0) is 0 Å². The summed E-state index contributed by atoms with van der Waals surface area (Å²) in [5.41, 5.74) is 0.746. The quantitative estimate of drug-likeness (QED) is 0.787. The summed E-state index contributed by atoms with van der Waals surface area (Å²) in [6.07, 6.45) is 3.49. The van der Waals surface area contributed by atoms with Crippen LogP contribution in [0.15, 0.2) is 10.5 Å². The Balaban J connectivity index is 2.18. The number of amides is 1. The standard InChI is InChI=1S/C14H21NO2/c1-10(2)13-9-12(11(3)17-13)14(16)15-7-5-4-6-8-15/h9-10H,4-8H2,1-3H3. The minimum Gasteiger partial charge on any atom is -0.465 e. The van der Waals surface area contributed by atoms with Gasteiger partial charge in [-0.25, -0.2) is 0 Å². The Morgan fingerprint density at radius 2 is 1.94 bits per heavy atom. The van der Waals surface area contributed by atoms with Crippen molar-refractivity contribution in [2.45, 2.75) is 46.0 Å². The number of carbonyl (C=O) groups is 1. The van der Waals surface area contributed by atoms with Crippen LogP contribution in [0.3, 0.4) is 0 Å². The van der Waals surface area contributed by atoms with E-state index in [1.807, 2.05) is 17.9 Å². The number of hydrogen-bond donors (Lipinski definition) is 0. The molecule has 17 heavy (non-hydrogen) atoms. The molecule has 0 radical (unpaired) electrons. The smallest absolute Gasteiger partial charge is 0.257 e. The van der Waals surface area contributed by atoms with E-state index in [0.717, 1.165) is 43.0 Å². The van der Waals surface area contributed by atoms with Crippen molar-refractivity contribution in [2.24, 2.45) is 0 Å². The Bertz CT molecular complexity index is 400. The SMILES string of the molecule is Cc1oc(C(C)C)cc1C(=O)N1CCCCC1. The summed E-state index contributed by atoms with van der Waals surface area (Å²) >= 11 is 0. The highest BCUT2D eigenvalue weighted by Gasteiger charge is 2.23. The predicted octanol–water partition coefficient (Wildman–Crippen LogP) is 3.34. The molecule has 0 N–H and O–H groups in total. The first-order valence-electron chi connectivity index (χ1n) is 6.49. The van der Waals surface area contributed by atoms with E-state index in [1.54, 1.807) is 0 Å². The Morgan fingerprint density at radius 3 is 2.47 bits per heavy atom. The maximum atomic E-state index is 12.3. The van der Waals surface area contributed by atoms with Crippen molar-refractivity contribution >= 4 is 5.91 Å². The van der Waals surface area contributed by atoms with E-state index in [0.29, 0.717) is 5.92 Å². The fraction of sp³-hybridized carbons (Fsp3) is 0.643.